The molecule has 2 aliphatic rings. The second kappa shape index (κ2) is 10.7. The van der Waals surface area contributed by atoms with Crippen LogP contribution in [0.25, 0.3) is 0 Å². The van der Waals surface area contributed by atoms with Crippen molar-refractivity contribution in [2.24, 2.45) is 0 Å². The number of aliphatic hydroxyl groups is 1. The van der Waals surface area contributed by atoms with Gasteiger partial charge in [-0.2, -0.15) is 0 Å². The summed E-state index contributed by atoms with van der Waals surface area (Å²) in [6.07, 6.45) is -0.0422. The topological polar surface area (TPSA) is 90.9 Å². The van der Waals surface area contributed by atoms with Crippen LogP contribution in [-0.4, -0.2) is 47.1 Å². The first-order valence-electron chi connectivity index (χ1n) is 12.9. The van der Waals surface area contributed by atoms with Crippen molar-refractivity contribution in [3.63, 3.8) is 0 Å². The lowest BCUT2D eigenvalue weighted by Gasteiger charge is -2.30. The Hall–Kier alpha value is -3.68. The number of hydrogen-bond donors (Lipinski definition) is 3. The van der Waals surface area contributed by atoms with Crippen LogP contribution in [0.2, 0.25) is 0 Å². The summed E-state index contributed by atoms with van der Waals surface area (Å²) in [4.78, 5) is 28.3. The van der Waals surface area contributed by atoms with Gasteiger partial charge in [-0.1, -0.05) is 54.6 Å². The summed E-state index contributed by atoms with van der Waals surface area (Å²) < 4.78 is 5.77. The van der Waals surface area contributed by atoms with E-state index in [4.69, 9.17) is 4.74 Å². The van der Waals surface area contributed by atoms with E-state index in [2.05, 4.69) is 22.8 Å². The van der Waals surface area contributed by atoms with E-state index in [-0.39, 0.29) is 30.4 Å². The number of carbonyl (C=O) groups is 2. The van der Waals surface area contributed by atoms with E-state index in [1.165, 1.54) is 11.1 Å². The maximum Gasteiger partial charge on any atom is 0.255 e. The minimum atomic E-state index is -0.744. The van der Waals surface area contributed by atoms with E-state index in [0.717, 1.165) is 11.1 Å². The molecule has 3 atom stereocenters. The predicted octanol–water partition coefficient (Wildman–Crippen LogP) is 3.61. The first kappa shape index (κ1) is 25.0. The van der Waals surface area contributed by atoms with Crippen LogP contribution in [0.4, 0.5) is 0 Å². The van der Waals surface area contributed by atoms with E-state index in [9.17, 15) is 14.7 Å². The molecule has 0 bridgehead atoms. The van der Waals surface area contributed by atoms with Gasteiger partial charge in [0, 0.05) is 31.2 Å². The van der Waals surface area contributed by atoms with Crippen LogP contribution in [-0.2, 0) is 19.5 Å². The van der Waals surface area contributed by atoms with Gasteiger partial charge < -0.3 is 25.4 Å². The molecule has 7 heteroatoms. The number of nitrogens with zero attached hydrogens (tertiary/aromatic N) is 1. The lowest BCUT2D eigenvalue weighted by atomic mass is 9.93. The van der Waals surface area contributed by atoms with Gasteiger partial charge in [0.2, 0.25) is 0 Å². The van der Waals surface area contributed by atoms with Crippen LogP contribution in [0.1, 0.15) is 62.9 Å². The largest absolute Gasteiger partial charge is 0.493 e. The molecule has 0 spiro atoms. The molecule has 0 saturated carbocycles. The van der Waals surface area contributed by atoms with Gasteiger partial charge in [-0.3, -0.25) is 9.59 Å². The number of carbonyl (C=O) groups excluding carboxylic acids is 2. The average molecular weight is 500 g/mol. The summed E-state index contributed by atoms with van der Waals surface area (Å²) in [6.45, 7) is 5.44. The average Bonchev–Trinajstić information content (AvgIpc) is 3.26. The lowest BCUT2D eigenvalue weighted by molar-refractivity contribution is 0.0715. The molecular formula is C30H33N3O4. The molecule has 0 fully saturated rings. The monoisotopic (exact) mass is 499 g/mol. The summed E-state index contributed by atoms with van der Waals surface area (Å²) in [6, 6.07) is 21.3. The zero-order valence-electron chi connectivity index (χ0n) is 21.2. The van der Waals surface area contributed by atoms with Crippen molar-refractivity contribution in [2.75, 3.05) is 13.2 Å². The Labute approximate surface area is 217 Å². The van der Waals surface area contributed by atoms with E-state index in [1.807, 2.05) is 61.2 Å². The molecule has 37 heavy (non-hydrogen) atoms. The molecule has 0 aromatic heterocycles. The standard InChI is InChI=1S/C30H33N3O4/c1-3-37-28-15-24-23(18-33(30(24)36)19(2)20-9-5-4-6-10-20)13-25(28)29(35)32-17-27(34)26-14-21-11-7-8-12-22(21)16-31-26/h4-13,15,19,26-27,31,34H,3,14,16-18H2,1-2H3,(H,32,35)/t19-,26?,27?/m1/s1. The third-order valence-corrected chi connectivity index (χ3v) is 7.38. The van der Waals surface area contributed by atoms with E-state index in [0.29, 0.717) is 43.0 Å². The third kappa shape index (κ3) is 5.10. The van der Waals surface area contributed by atoms with Crippen LogP contribution >= 0.6 is 0 Å². The number of amides is 2. The van der Waals surface area contributed by atoms with Crippen molar-refractivity contribution in [3.05, 3.63) is 100 Å². The molecule has 2 unspecified atom stereocenters. The molecule has 2 amide bonds. The van der Waals surface area contributed by atoms with Gasteiger partial charge in [-0.05, 0) is 54.7 Å². The Kier molecular flexibility index (Phi) is 7.26. The molecule has 2 aliphatic heterocycles. The third-order valence-electron chi connectivity index (χ3n) is 7.38. The predicted molar refractivity (Wildman–Crippen MR) is 141 cm³/mol. The number of benzene rings is 3. The van der Waals surface area contributed by atoms with Crippen LogP contribution in [0.3, 0.4) is 0 Å². The van der Waals surface area contributed by atoms with Crippen molar-refractivity contribution < 1.29 is 19.4 Å². The molecular weight excluding hydrogens is 466 g/mol. The van der Waals surface area contributed by atoms with Crippen molar-refractivity contribution in [1.82, 2.24) is 15.5 Å². The van der Waals surface area contributed by atoms with Crippen LogP contribution < -0.4 is 15.4 Å². The van der Waals surface area contributed by atoms with Gasteiger partial charge in [-0.25, -0.2) is 0 Å². The second-order valence-corrected chi connectivity index (χ2v) is 9.70. The fourth-order valence-electron chi connectivity index (χ4n) is 5.23. The highest BCUT2D eigenvalue weighted by Gasteiger charge is 2.34. The lowest BCUT2D eigenvalue weighted by Crippen LogP contribution is -2.49. The molecule has 2 heterocycles. The molecule has 0 radical (unpaired) electrons. The Balaban J connectivity index is 1.29. The Morgan fingerprint density at radius 2 is 1.84 bits per heavy atom. The normalized spacial score (nSPS) is 18.1. The van der Waals surface area contributed by atoms with Crippen molar-refractivity contribution in [1.29, 1.82) is 0 Å². The van der Waals surface area contributed by atoms with Gasteiger partial charge in [0.25, 0.3) is 11.8 Å². The smallest absolute Gasteiger partial charge is 0.255 e. The maximum absolute atomic E-state index is 13.3. The van der Waals surface area contributed by atoms with E-state index < -0.39 is 6.10 Å². The zero-order chi connectivity index (χ0) is 25.9. The van der Waals surface area contributed by atoms with Gasteiger partial charge in [0.1, 0.15) is 5.75 Å². The summed E-state index contributed by atoms with van der Waals surface area (Å²) in [5, 5.41) is 17.0. The van der Waals surface area contributed by atoms with Gasteiger partial charge in [0.05, 0.1) is 24.3 Å². The molecule has 5 rings (SSSR count). The fourth-order valence-corrected chi connectivity index (χ4v) is 5.23. The van der Waals surface area contributed by atoms with Gasteiger partial charge >= 0.3 is 0 Å². The number of nitrogens with one attached hydrogen (secondary N) is 2. The molecule has 192 valence electrons. The Morgan fingerprint density at radius 3 is 2.59 bits per heavy atom. The van der Waals surface area contributed by atoms with Gasteiger partial charge in [-0.15, -0.1) is 0 Å². The van der Waals surface area contributed by atoms with Crippen LogP contribution in [0, 0.1) is 0 Å². The maximum atomic E-state index is 13.3. The minimum Gasteiger partial charge on any atom is -0.493 e. The van der Waals surface area contributed by atoms with Crippen molar-refractivity contribution in [3.8, 4) is 5.75 Å². The highest BCUT2D eigenvalue weighted by Crippen LogP contribution is 2.35. The highest BCUT2D eigenvalue weighted by atomic mass is 16.5. The van der Waals surface area contributed by atoms with Gasteiger partial charge in [0.15, 0.2) is 0 Å². The molecule has 7 nitrogen and oxygen atoms in total. The summed E-state index contributed by atoms with van der Waals surface area (Å²) in [5.41, 5.74) is 5.24. The highest BCUT2D eigenvalue weighted by molar-refractivity contribution is 6.03. The summed E-state index contributed by atoms with van der Waals surface area (Å²) >= 11 is 0. The Bertz CT molecular complexity index is 1290. The van der Waals surface area contributed by atoms with Crippen LogP contribution in [0.5, 0.6) is 5.75 Å². The Morgan fingerprint density at radius 1 is 1.11 bits per heavy atom. The zero-order valence-corrected chi connectivity index (χ0v) is 21.2. The summed E-state index contributed by atoms with van der Waals surface area (Å²) in [5.74, 6) is -0.0256. The van der Waals surface area contributed by atoms with Crippen molar-refractivity contribution >= 4 is 11.8 Å². The summed E-state index contributed by atoms with van der Waals surface area (Å²) in [7, 11) is 0. The number of hydrogen-bond acceptors (Lipinski definition) is 5. The number of ether oxygens (including phenoxy) is 1. The number of rotatable bonds is 8. The first-order chi connectivity index (χ1) is 18.0. The number of fused-ring (bicyclic) bond motifs is 2. The fraction of sp³-hybridized carbons (Fsp3) is 0.333. The molecule has 3 aromatic carbocycles. The number of aliphatic hydroxyl groups excluding tert-OH is 1. The molecule has 0 saturated heterocycles. The minimum absolute atomic E-state index is 0.0710. The molecule has 3 aromatic rings. The van der Waals surface area contributed by atoms with Crippen molar-refractivity contribution in [2.45, 2.75) is 51.5 Å². The van der Waals surface area contributed by atoms with Crippen LogP contribution in [0.15, 0.2) is 66.7 Å². The molecule has 0 aliphatic carbocycles. The quantitative estimate of drug-likeness (QED) is 0.441. The first-order valence-corrected chi connectivity index (χ1v) is 12.9. The van der Waals surface area contributed by atoms with E-state index in [1.54, 1.807) is 12.1 Å². The van der Waals surface area contributed by atoms with E-state index >= 15 is 0 Å². The SMILES string of the molecule is CCOc1cc2c(cc1C(=O)NCC(O)C1Cc3ccccc3CN1)CN([C@H](C)c1ccccc1)C2=O. The second-order valence-electron chi connectivity index (χ2n) is 9.70. The molecule has 3 N–H and O–H groups in total.